The third-order valence-corrected chi connectivity index (χ3v) is 2.91. The van der Waals surface area contributed by atoms with Crippen molar-refractivity contribution in [2.45, 2.75) is 24.8 Å². The highest BCUT2D eigenvalue weighted by molar-refractivity contribution is 5.28. The van der Waals surface area contributed by atoms with Crippen LogP contribution < -0.4 is 5.73 Å². The van der Waals surface area contributed by atoms with Crippen molar-refractivity contribution in [3.8, 4) is 0 Å². The molecule has 0 radical (unpaired) electrons. The Labute approximate surface area is 89.2 Å². The van der Waals surface area contributed by atoms with Crippen LogP contribution in [0.5, 0.6) is 0 Å². The first-order valence-corrected chi connectivity index (χ1v) is 5.22. The van der Waals surface area contributed by atoms with E-state index in [9.17, 15) is 4.39 Å². The summed E-state index contributed by atoms with van der Waals surface area (Å²) in [7, 11) is 0. The molecular formula is C12H16FNO. The van der Waals surface area contributed by atoms with Crippen LogP contribution in [-0.2, 0) is 10.2 Å². The van der Waals surface area contributed by atoms with Gasteiger partial charge in [0.15, 0.2) is 0 Å². The Morgan fingerprint density at radius 3 is 2.73 bits per heavy atom. The van der Waals surface area contributed by atoms with Gasteiger partial charge in [0.25, 0.3) is 0 Å². The Balaban J connectivity index is 2.26. The van der Waals surface area contributed by atoms with E-state index in [4.69, 9.17) is 10.5 Å². The van der Waals surface area contributed by atoms with Crippen LogP contribution in [-0.4, -0.2) is 19.3 Å². The van der Waals surface area contributed by atoms with E-state index in [0.29, 0.717) is 13.2 Å². The van der Waals surface area contributed by atoms with Crippen molar-refractivity contribution < 1.29 is 9.13 Å². The molecule has 82 valence electrons. The maximum Gasteiger partial charge on any atom is 0.123 e. The molecule has 3 heteroatoms. The first-order valence-electron chi connectivity index (χ1n) is 5.22. The third kappa shape index (κ3) is 2.03. The van der Waals surface area contributed by atoms with E-state index < -0.39 is 0 Å². The predicted molar refractivity (Wildman–Crippen MR) is 57.2 cm³/mol. The summed E-state index contributed by atoms with van der Waals surface area (Å²) in [5.41, 5.74) is 6.76. The molecule has 1 saturated heterocycles. The predicted octanol–water partition coefficient (Wildman–Crippen LogP) is 1.83. The molecule has 0 aliphatic carbocycles. The second-order valence-corrected chi connectivity index (χ2v) is 4.46. The Kier molecular flexibility index (Phi) is 2.76. The quantitative estimate of drug-likeness (QED) is 0.824. The van der Waals surface area contributed by atoms with E-state index in [-0.39, 0.29) is 17.3 Å². The molecule has 1 aliphatic heterocycles. The minimum Gasteiger partial charge on any atom is -0.379 e. The van der Waals surface area contributed by atoms with Crippen molar-refractivity contribution >= 4 is 0 Å². The van der Waals surface area contributed by atoms with Crippen molar-refractivity contribution in [2.75, 3.05) is 13.2 Å². The van der Waals surface area contributed by atoms with Crippen molar-refractivity contribution in [3.63, 3.8) is 0 Å². The number of halogens is 1. The molecule has 1 aromatic rings. The van der Waals surface area contributed by atoms with E-state index in [2.05, 4.69) is 0 Å². The second kappa shape index (κ2) is 3.91. The molecule has 15 heavy (non-hydrogen) atoms. The Morgan fingerprint density at radius 1 is 1.53 bits per heavy atom. The van der Waals surface area contributed by atoms with E-state index in [0.717, 1.165) is 12.0 Å². The van der Waals surface area contributed by atoms with Crippen molar-refractivity contribution in [1.29, 1.82) is 0 Å². The number of benzene rings is 1. The Morgan fingerprint density at radius 2 is 2.27 bits per heavy atom. The highest BCUT2D eigenvalue weighted by atomic mass is 19.1. The number of ether oxygens (including phenoxy) is 1. The average Bonchev–Trinajstić information content (AvgIpc) is 2.11. The standard InChI is InChI=1S/C12H16FNO/c1-9(14)6-12(7-15-8-12)10-3-2-4-11(13)5-10/h2-5,9H,6-8,14H2,1H3. The molecule has 1 atom stereocenters. The maximum absolute atomic E-state index is 13.1. The zero-order valence-corrected chi connectivity index (χ0v) is 8.87. The summed E-state index contributed by atoms with van der Waals surface area (Å²) in [6.07, 6.45) is 0.844. The van der Waals surface area contributed by atoms with Gasteiger partial charge < -0.3 is 10.5 Å². The number of nitrogens with two attached hydrogens (primary N) is 1. The van der Waals surface area contributed by atoms with Gasteiger partial charge in [-0.2, -0.15) is 0 Å². The van der Waals surface area contributed by atoms with Crippen molar-refractivity contribution in [1.82, 2.24) is 0 Å². The van der Waals surface area contributed by atoms with Crippen LogP contribution in [0.25, 0.3) is 0 Å². The number of hydrogen-bond donors (Lipinski definition) is 1. The highest BCUT2D eigenvalue weighted by Gasteiger charge is 2.40. The van der Waals surface area contributed by atoms with E-state index in [1.807, 2.05) is 13.0 Å². The summed E-state index contributed by atoms with van der Waals surface area (Å²) in [4.78, 5) is 0. The largest absolute Gasteiger partial charge is 0.379 e. The lowest BCUT2D eigenvalue weighted by atomic mass is 9.74. The molecule has 1 heterocycles. The maximum atomic E-state index is 13.1. The van der Waals surface area contributed by atoms with Crippen molar-refractivity contribution in [3.05, 3.63) is 35.6 Å². The summed E-state index contributed by atoms with van der Waals surface area (Å²) in [5.74, 6) is -0.191. The number of hydrogen-bond acceptors (Lipinski definition) is 2. The normalized spacial score (nSPS) is 20.7. The zero-order chi connectivity index (χ0) is 10.9. The van der Waals surface area contributed by atoms with Crippen LogP contribution in [0.3, 0.4) is 0 Å². The lowest BCUT2D eigenvalue weighted by Gasteiger charge is -2.43. The van der Waals surface area contributed by atoms with Gasteiger partial charge >= 0.3 is 0 Å². The minimum absolute atomic E-state index is 0.0593. The molecule has 0 saturated carbocycles. The van der Waals surface area contributed by atoms with Gasteiger partial charge in [-0.3, -0.25) is 0 Å². The molecule has 2 rings (SSSR count). The molecule has 2 N–H and O–H groups in total. The fourth-order valence-electron chi connectivity index (χ4n) is 2.19. The lowest BCUT2D eigenvalue weighted by Crippen LogP contribution is -2.49. The fraction of sp³-hybridized carbons (Fsp3) is 0.500. The smallest absolute Gasteiger partial charge is 0.123 e. The Hall–Kier alpha value is -0.930. The molecule has 1 fully saturated rings. The molecule has 1 aliphatic rings. The highest BCUT2D eigenvalue weighted by Crippen LogP contribution is 2.36. The van der Waals surface area contributed by atoms with Crippen LogP contribution in [0.15, 0.2) is 24.3 Å². The number of rotatable bonds is 3. The summed E-state index contributed by atoms with van der Waals surface area (Å²) >= 11 is 0. The first-order chi connectivity index (χ1) is 7.12. The van der Waals surface area contributed by atoms with E-state index in [1.54, 1.807) is 12.1 Å². The van der Waals surface area contributed by atoms with Crippen LogP contribution in [0.2, 0.25) is 0 Å². The summed E-state index contributed by atoms with van der Waals surface area (Å²) in [5, 5.41) is 0. The van der Waals surface area contributed by atoms with Gasteiger partial charge in [-0.15, -0.1) is 0 Å². The first kappa shape index (κ1) is 10.6. The van der Waals surface area contributed by atoms with Crippen molar-refractivity contribution in [2.24, 2.45) is 5.73 Å². The summed E-state index contributed by atoms with van der Waals surface area (Å²) in [6, 6.07) is 6.85. The van der Waals surface area contributed by atoms with E-state index >= 15 is 0 Å². The lowest BCUT2D eigenvalue weighted by molar-refractivity contribution is -0.0666. The second-order valence-electron chi connectivity index (χ2n) is 4.46. The van der Waals surface area contributed by atoms with Crippen LogP contribution in [0, 0.1) is 5.82 Å². The molecule has 1 aromatic carbocycles. The molecule has 0 bridgehead atoms. The molecule has 0 amide bonds. The molecule has 2 nitrogen and oxygen atoms in total. The monoisotopic (exact) mass is 209 g/mol. The van der Waals surface area contributed by atoms with E-state index in [1.165, 1.54) is 6.07 Å². The van der Waals surface area contributed by atoms with Gasteiger partial charge in [0, 0.05) is 11.5 Å². The minimum atomic E-state index is -0.191. The average molecular weight is 209 g/mol. The van der Waals surface area contributed by atoms with Gasteiger partial charge in [0.2, 0.25) is 0 Å². The molecule has 1 unspecified atom stereocenters. The van der Waals surface area contributed by atoms with Gasteiger partial charge in [0.1, 0.15) is 5.82 Å². The van der Waals surface area contributed by atoms with Crippen LogP contribution >= 0.6 is 0 Å². The van der Waals surface area contributed by atoms with Gasteiger partial charge in [0.05, 0.1) is 13.2 Å². The topological polar surface area (TPSA) is 35.2 Å². The van der Waals surface area contributed by atoms with Crippen LogP contribution in [0.1, 0.15) is 18.9 Å². The molecular weight excluding hydrogens is 193 g/mol. The van der Waals surface area contributed by atoms with Gasteiger partial charge in [-0.25, -0.2) is 4.39 Å². The zero-order valence-electron chi connectivity index (χ0n) is 8.87. The Bertz CT molecular complexity index is 347. The molecule has 0 aromatic heterocycles. The molecule has 0 spiro atoms. The fourth-order valence-corrected chi connectivity index (χ4v) is 2.19. The summed E-state index contributed by atoms with van der Waals surface area (Å²) in [6.45, 7) is 3.27. The third-order valence-electron chi connectivity index (χ3n) is 2.91. The van der Waals surface area contributed by atoms with Crippen LogP contribution in [0.4, 0.5) is 4.39 Å². The van der Waals surface area contributed by atoms with Gasteiger partial charge in [-0.1, -0.05) is 12.1 Å². The van der Waals surface area contributed by atoms with Gasteiger partial charge in [-0.05, 0) is 31.0 Å². The summed E-state index contributed by atoms with van der Waals surface area (Å²) < 4.78 is 18.4. The SMILES string of the molecule is CC(N)CC1(c2cccc(F)c2)COC1.